The molecular formula is C20H22N4O4S2. The lowest BCUT2D eigenvalue weighted by Gasteiger charge is -2.30. The minimum atomic E-state index is -3.58. The number of rotatable bonds is 5. The normalized spacial score (nSPS) is 17.7. The third-order valence-electron chi connectivity index (χ3n) is 4.97. The van der Waals surface area contributed by atoms with Crippen LogP contribution in [0.15, 0.2) is 44.3 Å². The number of carbonyl (C=O) groups is 1. The molecule has 1 atom stereocenters. The molecule has 0 aliphatic carbocycles. The van der Waals surface area contributed by atoms with E-state index in [0.717, 1.165) is 16.7 Å². The second-order valence-corrected chi connectivity index (χ2v) is 10.5. The van der Waals surface area contributed by atoms with E-state index in [4.69, 9.17) is 4.42 Å². The van der Waals surface area contributed by atoms with Crippen molar-refractivity contribution in [3.8, 4) is 11.5 Å². The monoisotopic (exact) mass is 446 g/mol. The molecule has 1 amide bonds. The van der Waals surface area contributed by atoms with Crippen LogP contribution in [0, 0.1) is 19.8 Å². The molecule has 0 bridgehead atoms. The van der Waals surface area contributed by atoms with Gasteiger partial charge in [-0.1, -0.05) is 28.4 Å². The molecule has 3 aromatic rings. The van der Waals surface area contributed by atoms with Crippen molar-refractivity contribution in [2.24, 2.45) is 5.92 Å². The molecule has 0 radical (unpaired) electrons. The first kappa shape index (κ1) is 20.7. The third-order valence-corrected chi connectivity index (χ3v) is 8.21. The van der Waals surface area contributed by atoms with Gasteiger partial charge in [-0.25, -0.2) is 8.42 Å². The minimum Gasteiger partial charge on any atom is -0.403 e. The maximum absolute atomic E-state index is 12.8. The van der Waals surface area contributed by atoms with E-state index >= 15 is 0 Å². The highest BCUT2D eigenvalue weighted by Crippen LogP contribution is 2.27. The summed E-state index contributed by atoms with van der Waals surface area (Å²) >= 11 is 1.17. The second kappa shape index (κ2) is 8.29. The van der Waals surface area contributed by atoms with Crippen molar-refractivity contribution in [3.05, 3.63) is 46.8 Å². The van der Waals surface area contributed by atoms with Gasteiger partial charge >= 0.3 is 6.01 Å². The fraction of sp³-hybridized carbons (Fsp3) is 0.350. The molecule has 1 aliphatic rings. The molecule has 1 aromatic carbocycles. The summed E-state index contributed by atoms with van der Waals surface area (Å²) in [6.07, 6.45) is 1.21. The summed E-state index contributed by atoms with van der Waals surface area (Å²) in [6, 6.07) is 9.20. The Morgan fingerprint density at radius 2 is 2.00 bits per heavy atom. The van der Waals surface area contributed by atoms with Gasteiger partial charge in [0.05, 0.1) is 5.92 Å². The Balaban J connectivity index is 1.45. The topological polar surface area (TPSA) is 105 Å². The molecule has 3 heterocycles. The number of nitrogens with one attached hydrogen (secondary N) is 1. The lowest BCUT2D eigenvalue weighted by molar-refractivity contribution is -0.121. The van der Waals surface area contributed by atoms with Crippen LogP contribution in [0.5, 0.6) is 0 Å². The molecule has 4 rings (SSSR count). The van der Waals surface area contributed by atoms with Crippen LogP contribution >= 0.6 is 11.3 Å². The fourth-order valence-corrected chi connectivity index (χ4v) is 6.28. The molecule has 1 fully saturated rings. The molecule has 30 heavy (non-hydrogen) atoms. The van der Waals surface area contributed by atoms with E-state index < -0.39 is 15.9 Å². The van der Waals surface area contributed by atoms with Crippen LogP contribution in [0.25, 0.3) is 11.5 Å². The summed E-state index contributed by atoms with van der Waals surface area (Å²) in [6.45, 7) is 4.49. The Labute approximate surface area is 179 Å². The highest BCUT2D eigenvalue weighted by molar-refractivity contribution is 7.91. The Morgan fingerprint density at radius 3 is 2.70 bits per heavy atom. The zero-order valence-electron chi connectivity index (χ0n) is 16.7. The zero-order chi connectivity index (χ0) is 21.3. The average Bonchev–Trinajstić information content (AvgIpc) is 3.40. The summed E-state index contributed by atoms with van der Waals surface area (Å²) < 4.78 is 32.8. The molecule has 0 saturated carbocycles. The maximum Gasteiger partial charge on any atom is 0.322 e. The van der Waals surface area contributed by atoms with Crippen molar-refractivity contribution in [2.45, 2.75) is 30.9 Å². The van der Waals surface area contributed by atoms with E-state index in [2.05, 4.69) is 15.5 Å². The number of aromatic nitrogens is 2. The molecule has 1 unspecified atom stereocenters. The van der Waals surface area contributed by atoms with E-state index in [0.29, 0.717) is 29.5 Å². The number of nitrogens with zero attached hydrogens (tertiary/aromatic N) is 3. The predicted molar refractivity (Wildman–Crippen MR) is 114 cm³/mol. The van der Waals surface area contributed by atoms with E-state index in [1.807, 2.05) is 32.0 Å². The number of thiophene rings is 1. The molecule has 158 valence electrons. The van der Waals surface area contributed by atoms with Crippen LogP contribution in [0.4, 0.5) is 6.01 Å². The highest BCUT2D eigenvalue weighted by Gasteiger charge is 2.34. The number of carbonyl (C=O) groups excluding carboxylic acids is 1. The number of aryl methyl sites for hydroxylation is 2. The lowest BCUT2D eigenvalue weighted by atomic mass is 9.99. The van der Waals surface area contributed by atoms with E-state index in [-0.39, 0.29) is 18.5 Å². The first-order valence-electron chi connectivity index (χ1n) is 9.59. The number of anilines is 1. The summed E-state index contributed by atoms with van der Waals surface area (Å²) in [5, 5.41) is 12.3. The largest absolute Gasteiger partial charge is 0.403 e. The second-order valence-electron chi connectivity index (χ2n) is 7.41. The Morgan fingerprint density at radius 1 is 1.23 bits per heavy atom. The van der Waals surface area contributed by atoms with E-state index in [1.165, 1.54) is 15.6 Å². The third kappa shape index (κ3) is 4.30. The summed E-state index contributed by atoms with van der Waals surface area (Å²) in [5.74, 6) is -0.482. The zero-order valence-corrected chi connectivity index (χ0v) is 18.3. The van der Waals surface area contributed by atoms with Crippen LogP contribution in [0.1, 0.15) is 24.0 Å². The molecule has 1 aliphatic heterocycles. The van der Waals surface area contributed by atoms with Gasteiger partial charge < -0.3 is 4.42 Å². The van der Waals surface area contributed by atoms with E-state index in [9.17, 15) is 13.2 Å². The molecular weight excluding hydrogens is 424 g/mol. The van der Waals surface area contributed by atoms with Gasteiger partial charge in [0.15, 0.2) is 0 Å². The Kier molecular flexibility index (Phi) is 5.72. The van der Waals surface area contributed by atoms with Gasteiger partial charge in [-0.2, -0.15) is 4.31 Å². The van der Waals surface area contributed by atoms with Gasteiger partial charge in [0.1, 0.15) is 4.21 Å². The summed E-state index contributed by atoms with van der Waals surface area (Å²) in [4.78, 5) is 12.7. The van der Waals surface area contributed by atoms with E-state index in [1.54, 1.807) is 17.5 Å². The van der Waals surface area contributed by atoms with Gasteiger partial charge in [-0.05, 0) is 50.3 Å². The first-order chi connectivity index (χ1) is 14.3. The number of sulfonamides is 1. The molecule has 0 spiro atoms. The SMILES string of the molecule is Cc1cc(C)cc(-c2nnc(NC(=O)C3CCCN(S(=O)(=O)c4cccs4)C3)o2)c1. The van der Waals surface area contributed by atoms with Gasteiger partial charge in [-0.15, -0.1) is 16.4 Å². The maximum atomic E-state index is 12.8. The standard InChI is InChI=1S/C20H22N4O4S2/c1-13-9-14(2)11-16(10-13)19-22-23-20(28-19)21-18(25)15-5-3-7-24(12-15)30(26,27)17-6-4-8-29-17/h4,6,8-11,15H,3,5,7,12H2,1-2H3,(H,21,23,25). The van der Waals surface area contributed by atoms with Crippen molar-refractivity contribution in [1.29, 1.82) is 0 Å². The van der Waals surface area contributed by atoms with Crippen molar-refractivity contribution >= 4 is 33.3 Å². The average molecular weight is 447 g/mol. The van der Waals surface area contributed by atoms with Gasteiger partial charge in [0, 0.05) is 18.7 Å². The fourth-order valence-electron chi connectivity index (χ4n) is 3.61. The van der Waals surface area contributed by atoms with Crippen molar-refractivity contribution in [2.75, 3.05) is 18.4 Å². The number of hydrogen-bond donors (Lipinski definition) is 1. The Bertz CT molecular complexity index is 1140. The number of piperidine rings is 1. The quantitative estimate of drug-likeness (QED) is 0.643. The van der Waals surface area contributed by atoms with Gasteiger partial charge in [-0.3, -0.25) is 10.1 Å². The van der Waals surface area contributed by atoms with Crippen LogP contribution < -0.4 is 5.32 Å². The van der Waals surface area contributed by atoms with Crippen LogP contribution in [0.3, 0.4) is 0 Å². The van der Waals surface area contributed by atoms with Crippen molar-refractivity contribution < 1.29 is 17.6 Å². The van der Waals surface area contributed by atoms with Crippen LogP contribution in [0.2, 0.25) is 0 Å². The molecule has 8 nitrogen and oxygen atoms in total. The number of amides is 1. The van der Waals surface area contributed by atoms with Crippen molar-refractivity contribution in [1.82, 2.24) is 14.5 Å². The molecule has 2 aromatic heterocycles. The molecule has 1 saturated heterocycles. The Hall–Kier alpha value is -2.56. The number of benzene rings is 1. The van der Waals surface area contributed by atoms with Crippen LogP contribution in [-0.4, -0.2) is 41.9 Å². The summed E-state index contributed by atoms with van der Waals surface area (Å²) in [5.41, 5.74) is 2.93. The smallest absolute Gasteiger partial charge is 0.322 e. The van der Waals surface area contributed by atoms with Gasteiger partial charge in [0.25, 0.3) is 10.0 Å². The molecule has 10 heteroatoms. The highest BCUT2D eigenvalue weighted by atomic mass is 32.2. The minimum absolute atomic E-state index is 0.00685. The predicted octanol–water partition coefficient (Wildman–Crippen LogP) is 3.45. The number of hydrogen-bond acceptors (Lipinski definition) is 7. The van der Waals surface area contributed by atoms with Gasteiger partial charge in [0.2, 0.25) is 11.8 Å². The van der Waals surface area contributed by atoms with Crippen LogP contribution in [-0.2, 0) is 14.8 Å². The lowest BCUT2D eigenvalue weighted by Crippen LogP contribution is -2.43. The molecule has 1 N–H and O–H groups in total. The summed E-state index contributed by atoms with van der Waals surface area (Å²) in [7, 11) is -3.58. The van der Waals surface area contributed by atoms with Crippen molar-refractivity contribution in [3.63, 3.8) is 0 Å². The first-order valence-corrected chi connectivity index (χ1v) is 11.9.